The van der Waals surface area contributed by atoms with Crippen LogP contribution in [0.5, 0.6) is 0 Å². The average molecular weight is 224 g/mol. The molecule has 1 rings (SSSR count). The van der Waals surface area contributed by atoms with Gasteiger partial charge in [-0.15, -0.1) is 0 Å². The van der Waals surface area contributed by atoms with Crippen LogP contribution in [0.4, 0.5) is 10.1 Å². The summed E-state index contributed by atoms with van der Waals surface area (Å²) in [7, 11) is 2.01. The van der Waals surface area contributed by atoms with Crippen LogP contribution >= 0.6 is 0 Å². The van der Waals surface area contributed by atoms with Crippen molar-refractivity contribution in [1.29, 1.82) is 0 Å². The maximum atomic E-state index is 13.2. The van der Waals surface area contributed by atoms with Gasteiger partial charge in [0.15, 0.2) is 0 Å². The minimum absolute atomic E-state index is 0.152. The van der Waals surface area contributed by atoms with E-state index in [9.17, 15) is 4.39 Å². The van der Waals surface area contributed by atoms with Crippen LogP contribution in [0.3, 0.4) is 0 Å². The second-order valence-electron chi connectivity index (χ2n) is 4.77. The van der Waals surface area contributed by atoms with E-state index in [2.05, 4.69) is 18.7 Å². The Morgan fingerprint density at radius 1 is 1.31 bits per heavy atom. The van der Waals surface area contributed by atoms with Gasteiger partial charge >= 0.3 is 0 Å². The predicted octanol–water partition coefficient (Wildman–Crippen LogP) is 2.94. The quantitative estimate of drug-likeness (QED) is 0.852. The normalized spacial score (nSPS) is 12.9. The number of hydrogen-bond donors (Lipinski definition) is 1. The van der Waals surface area contributed by atoms with Gasteiger partial charge < -0.3 is 10.6 Å². The van der Waals surface area contributed by atoms with Crippen molar-refractivity contribution in [3.8, 4) is 0 Å². The van der Waals surface area contributed by atoms with E-state index in [1.54, 1.807) is 6.07 Å². The maximum absolute atomic E-state index is 13.2. The van der Waals surface area contributed by atoms with Gasteiger partial charge in [-0.2, -0.15) is 0 Å². The number of nitrogens with zero attached hydrogens (tertiary/aromatic N) is 1. The summed E-state index contributed by atoms with van der Waals surface area (Å²) in [5.74, 6) is 0.338. The Labute approximate surface area is 97.3 Å². The Hall–Kier alpha value is -1.09. The Kier molecular flexibility index (Phi) is 4.30. The highest BCUT2D eigenvalue weighted by Crippen LogP contribution is 2.25. The molecule has 0 spiro atoms. The van der Waals surface area contributed by atoms with Crippen molar-refractivity contribution in [2.24, 2.45) is 11.7 Å². The first-order valence-electron chi connectivity index (χ1n) is 5.68. The Balaban J connectivity index is 3.02. The first-order chi connectivity index (χ1) is 7.41. The Bertz CT molecular complexity index is 348. The lowest BCUT2D eigenvalue weighted by atomic mass is 10.0. The van der Waals surface area contributed by atoms with E-state index in [1.807, 2.05) is 14.0 Å². The van der Waals surface area contributed by atoms with Crippen molar-refractivity contribution >= 4 is 5.69 Å². The van der Waals surface area contributed by atoms with Crippen LogP contribution in [-0.4, -0.2) is 13.6 Å². The van der Waals surface area contributed by atoms with Crippen molar-refractivity contribution in [1.82, 2.24) is 0 Å². The molecule has 0 aliphatic rings. The molecule has 0 aromatic heterocycles. The molecule has 0 saturated heterocycles. The lowest BCUT2D eigenvalue weighted by Crippen LogP contribution is -2.25. The number of nitrogens with two attached hydrogens (primary N) is 1. The molecule has 0 amide bonds. The van der Waals surface area contributed by atoms with E-state index >= 15 is 0 Å². The summed E-state index contributed by atoms with van der Waals surface area (Å²) in [4.78, 5) is 2.13. The highest BCUT2D eigenvalue weighted by molar-refractivity contribution is 5.54. The van der Waals surface area contributed by atoms with E-state index in [0.717, 1.165) is 17.8 Å². The number of anilines is 1. The van der Waals surface area contributed by atoms with Crippen molar-refractivity contribution in [3.63, 3.8) is 0 Å². The fraction of sp³-hybridized carbons (Fsp3) is 0.538. The van der Waals surface area contributed by atoms with Crippen molar-refractivity contribution < 1.29 is 4.39 Å². The minimum atomic E-state index is -0.228. The number of halogens is 1. The van der Waals surface area contributed by atoms with Crippen LogP contribution in [-0.2, 0) is 0 Å². The molecule has 0 saturated carbocycles. The van der Waals surface area contributed by atoms with E-state index < -0.39 is 0 Å². The van der Waals surface area contributed by atoms with Gasteiger partial charge in [0.2, 0.25) is 0 Å². The highest BCUT2D eigenvalue weighted by Gasteiger charge is 2.12. The smallest absolute Gasteiger partial charge is 0.123 e. The van der Waals surface area contributed by atoms with Gasteiger partial charge in [0.1, 0.15) is 5.82 Å². The highest BCUT2D eigenvalue weighted by atomic mass is 19.1. The molecule has 1 atom stereocenters. The SMILES string of the molecule is CC(C)CN(C)c1ccc(F)cc1C(C)N. The monoisotopic (exact) mass is 224 g/mol. The summed E-state index contributed by atoms with van der Waals surface area (Å²) >= 11 is 0. The Morgan fingerprint density at radius 3 is 2.44 bits per heavy atom. The summed E-state index contributed by atoms with van der Waals surface area (Å²) in [6, 6.07) is 4.66. The van der Waals surface area contributed by atoms with Gasteiger partial charge in [-0.1, -0.05) is 13.8 Å². The molecule has 0 bridgehead atoms. The van der Waals surface area contributed by atoms with Crippen molar-refractivity contribution in [3.05, 3.63) is 29.6 Å². The number of hydrogen-bond acceptors (Lipinski definition) is 2. The first-order valence-corrected chi connectivity index (χ1v) is 5.68. The standard InChI is InChI=1S/C13H21FN2/c1-9(2)8-16(4)13-6-5-11(14)7-12(13)10(3)15/h5-7,9-10H,8,15H2,1-4H3. The molecular formula is C13H21FN2. The molecule has 90 valence electrons. The largest absolute Gasteiger partial charge is 0.374 e. The van der Waals surface area contributed by atoms with Crippen LogP contribution < -0.4 is 10.6 Å². The molecular weight excluding hydrogens is 203 g/mol. The molecule has 2 N–H and O–H groups in total. The Morgan fingerprint density at radius 2 is 1.94 bits per heavy atom. The van der Waals surface area contributed by atoms with E-state index in [4.69, 9.17) is 5.73 Å². The van der Waals surface area contributed by atoms with Gasteiger partial charge in [0.25, 0.3) is 0 Å². The number of rotatable bonds is 4. The summed E-state index contributed by atoms with van der Waals surface area (Å²) in [5.41, 5.74) is 7.74. The third-order valence-electron chi connectivity index (χ3n) is 2.53. The van der Waals surface area contributed by atoms with Crippen LogP contribution in [0.15, 0.2) is 18.2 Å². The van der Waals surface area contributed by atoms with Gasteiger partial charge in [-0.3, -0.25) is 0 Å². The summed E-state index contributed by atoms with van der Waals surface area (Å²) in [5, 5.41) is 0. The van der Waals surface area contributed by atoms with Gasteiger partial charge in [0.05, 0.1) is 0 Å². The van der Waals surface area contributed by atoms with E-state index in [1.165, 1.54) is 12.1 Å². The average Bonchev–Trinajstić information content (AvgIpc) is 2.16. The fourth-order valence-electron chi connectivity index (χ4n) is 1.88. The molecule has 0 aliphatic carbocycles. The lowest BCUT2D eigenvalue weighted by Gasteiger charge is -2.25. The molecule has 0 heterocycles. The molecule has 1 aromatic carbocycles. The van der Waals surface area contributed by atoms with Crippen LogP contribution in [0, 0.1) is 11.7 Å². The van der Waals surface area contributed by atoms with Crippen LogP contribution in [0.1, 0.15) is 32.4 Å². The molecule has 2 nitrogen and oxygen atoms in total. The lowest BCUT2D eigenvalue weighted by molar-refractivity contribution is 0.616. The van der Waals surface area contributed by atoms with Gasteiger partial charge in [-0.25, -0.2) is 4.39 Å². The van der Waals surface area contributed by atoms with Gasteiger partial charge in [0, 0.05) is 25.3 Å². The second-order valence-corrected chi connectivity index (χ2v) is 4.77. The molecule has 16 heavy (non-hydrogen) atoms. The first kappa shape index (κ1) is 13.0. The summed E-state index contributed by atoms with van der Waals surface area (Å²) in [6.45, 7) is 7.13. The van der Waals surface area contributed by atoms with Crippen molar-refractivity contribution in [2.75, 3.05) is 18.5 Å². The summed E-state index contributed by atoms with van der Waals surface area (Å²) < 4.78 is 13.2. The zero-order chi connectivity index (χ0) is 12.3. The molecule has 1 unspecified atom stereocenters. The molecule has 0 fully saturated rings. The van der Waals surface area contributed by atoms with Crippen molar-refractivity contribution in [2.45, 2.75) is 26.8 Å². The van der Waals surface area contributed by atoms with Crippen LogP contribution in [0.25, 0.3) is 0 Å². The maximum Gasteiger partial charge on any atom is 0.123 e. The topological polar surface area (TPSA) is 29.3 Å². The number of benzene rings is 1. The summed E-state index contributed by atoms with van der Waals surface area (Å²) in [6.07, 6.45) is 0. The third-order valence-corrected chi connectivity index (χ3v) is 2.53. The molecule has 3 heteroatoms. The third kappa shape index (κ3) is 3.20. The zero-order valence-electron chi connectivity index (χ0n) is 10.5. The fourth-order valence-corrected chi connectivity index (χ4v) is 1.88. The van der Waals surface area contributed by atoms with Gasteiger partial charge in [-0.05, 0) is 36.6 Å². The minimum Gasteiger partial charge on any atom is -0.374 e. The van der Waals surface area contributed by atoms with E-state index in [0.29, 0.717) is 5.92 Å². The molecule has 0 aliphatic heterocycles. The van der Waals surface area contributed by atoms with E-state index in [-0.39, 0.29) is 11.9 Å². The second kappa shape index (κ2) is 5.30. The zero-order valence-corrected chi connectivity index (χ0v) is 10.5. The molecule has 1 aromatic rings. The predicted molar refractivity (Wildman–Crippen MR) is 67.1 cm³/mol. The molecule has 0 radical (unpaired) electrons. The van der Waals surface area contributed by atoms with Crippen LogP contribution in [0.2, 0.25) is 0 Å².